The molecule has 19 heteroatoms. The summed E-state index contributed by atoms with van der Waals surface area (Å²) in [6.07, 6.45) is 64.8. The van der Waals surface area contributed by atoms with E-state index in [1.165, 1.54) is 199 Å². The summed E-state index contributed by atoms with van der Waals surface area (Å²) in [5.74, 6) is -0.665. The van der Waals surface area contributed by atoms with Crippen LogP contribution in [0.15, 0.2) is 24.3 Å². The van der Waals surface area contributed by atoms with Gasteiger partial charge in [0, 0.05) is 25.7 Å². The maximum absolute atomic E-state index is 13.1. The van der Waals surface area contributed by atoms with Crippen molar-refractivity contribution in [2.24, 2.45) is 11.8 Å². The summed E-state index contributed by atoms with van der Waals surface area (Å²) in [7, 11) is -9.93. The SMILES string of the molecule is CCCCCC/C=C\C=C/CCCCCCCC(=O)OC[C@H](COP(=O)(O)OC[C@@H](O)COP(=O)(O)OC[C@@H](COC(=O)CCCCCCCCCCCC(C)C)OC(=O)CCCCCCCCCCCC(C)C)OC(=O)CCCCCCCCCCCCCCCCCCCCCCC. The fourth-order valence-electron chi connectivity index (χ4n) is 12.0. The maximum atomic E-state index is 13.1. The molecule has 0 amide bonds. The van der Waals surface area contributed by atoms with E-state index in [0.717, 1.165) is 121 Å². The quantitative estimate of drug-likeness (QED) is 0.0169. The highest BCUT2D eigenvalue weighted by molar-refractivity contribution is 7.47. The third-order valence-electron chi connectivity index (χ3n) is 18.3. The lowest BCUT2D eigenvalue weighted by atomic mass is 10.0. The Kier molecular flexibility index (Phi) is 70.3. The van der Waals surface area contributed by atoms with Gasteiger partial charge in [0.2, 0.25) is 0 Å². The molecule has 0 aliphatic heterocycles. The number of allylic oxidation sites excluding steroid dienone is 4. The number of rotatable bonds is 78. The smallest absolute Gasteiger partial charge is 0.462 e. The molecular weight excluding hydrogens is 1310 g/mol. The standard InChI is InChI=1S/C81H154O17P2/c1-7-9-11-13-15-17-19-21-23-24-25-26-27-28-30-32-34-40-47-53-59-65-80(85)97-76(69-91-78(83)63-57-51-45-39-33-31-29-22-20-18-16-14-12-10-8-2)71-95-99(87,88)93-67-75(82)68-94-100(89,90)96-72-77(98-81(86)66-60-54-48-42-36-38-44-50-56-62-74(5)6)70-92-79(84)64-58-52-46-41-35-37-43-49-55-61-73(3)4/h18,20,22,29,73-77,82H,7-17,19,21,23-28,30-72H2,1-6H3,(H,87,88)(H,89,90)/b20-18-,29-22-/t75-,76-,77-/m1/s1. The number of hydrogen-bond acceptors (Lipinski definition) is 15. The van der Waals surface area contributed by atoms with Crippen LogP contribution in [0.3, 0.4) is 0 Å². The van der Waals surface area contributed by atoms with E-state index in [-0.39, 0.29) is 25.7 Å². The predicted molar refractivity (Wildman–Crippen MR) is 409 cm³/mol. The second-order valence-electron chi connectivity index (χ2n) is 29.4. The molecule has 100 heavy (non-hydrogen) atoms. The van der Waals surface area contributed by atoms with E-state index in [2.05, 4.69) is 65.8 Å². The second-order valence-corrected chi connectivity index (χ2v) is 32.3. The molecule has 0 heterocycles. The van der Waals surface area contributed by atoms with E-state index in [0.29, 0.717) is 25.7 Å². The Morgan fingerprint density at radius 2 is 0.540 bits per heavy atom. The highest BCUT2D eigenvalue weighted by Crippen LogP contribution is 2.45. The van der Waals surface area contributed by atoms with Gasteiger partial charge in [-0.2, -0.15) is 0 Å². The van der Waals surface area contributed by atoms with Crippen LogP contribution in [-0.4, -0.2) is 96.7 Å². The molecule has 2 unspecified atom stereocenters. The molecule has 590 valence electrons. The highest BCUT2D eigenvalue weighted by Gasteiger charge is 2.30. The first kappa shape index (κ1) is 97.5. The van der Waals surface area contributed by atoms with Crippen LogP contribution in [0.5, 0.6) is 0 Å². The van der Waals surface area contributed by atoms with E-state index in [4.69, 9.17) is 37.0 Å². The number of carbonyl (C=O) groups is 4. The average Bonchev–Trinajstić information content (AvgIpc) is 0.966. The summed E-state index contributed by atoms with van der Waals surface area (Å²) in [6.45, 7) is 9.51. The number of unbranched alkanes of at least 4 members (excludes halogenated alkanes) is 45. The number of carbonyl (C=O) groups excluding carboxylic acids is 4. The Balaban J connectivity index is 5.26. The van der Waals surface area contributed by atoms with E-state index >= 15 is 0 Å². The van der Waals surface area contributed by atoms with Crippen molar-refractivity contribution in [2.75, 3.05) is 39.6 Å². The van der Waals surface area contributed by atoms with Crippen LogP contribution in [0.4, 0.5) is 0 Å². The molecule has 0 aliphatic rings. The van der Waals surface area contributed by atoms with E-state index < -0.39 is 97.5 Å². The van der Waals surface area contributed by atoms with Crippen molar-refractivity contribution < 1.29 is 80.2 Å². The van der Waals surface area contributed by atoms with Gasteiger partial charge in [-0.05, 0) is 63.2 Å². The van der Waals surface area contributed by atoms with Crippen molar-refractivity contribution in [1.82, 2.24) is 0 Å². The van der Waals surface area contributed by atoms with Gasteiger partial charge in [-0.1, -0.05) is 348 Å². The number of hydrogen-bond donors (Lipinski definition) is 3. The van der Waals surface area contributed by atoms with Gasteiger partial charge in [-0.25, -0.2) is 9.13 Å². The van der Waals surface area contributed by atoms with Crippen molar-refractivity contribution in [2.45, 2.75) is 419 Å². The third kappa shape index (κ3) is 73.8. The van der Waals surface area contributed by atoms with Crippen LogP contribution in [0.2, 0.25) is 0 Å². The average molecular weight is 1460 g/mol. The number of phosphoric ester groups is 2. The van der Waals surface area contributed by atoms with Crippen LogP contribution in [0, 0.1) is 11.8 Å². The zero-order chi connectivity index (χ0) is 73.5. The fourth-order valence-corrected chi connectivity index (χ4v) is 13.6. The highest BCUT2D eigenvalue weighted by atomic mass is 31.2. The Morgan fingerprint density at radius 1 is 0.310 bits per heavy atom. The van der Waals surface area contributed by atoms with Crippen molar-refractivity contribution in [1.29, 1.82) is 0 Å². The Morgan fingerprint density at radius 3 is 0.820 bits per heavy atom. The molecule has 0 bridgehead atoms. The minimum atomic E-state index is -4.97. The van der Waals surface area contributed by atoms with Gasteiger partial charge in [0.05, 0.1) is 26.4 Å². The molecule has 0 fully saturated rings. The molecule has 0 aromatic heterocycles. The minimum absolute atomic E-state index is 0.102. The lowest BCUT2D eigenvalue weighted by Gasteiger charge is -2.21. The number of esters is 4. The summed E-state index contributed by atoms with van der Waals surface area (Å²) in [4.78, 5) is 73.0. The molecule has 0 aliphatic carbocycles. The molecule has 3 N–H and O–H groups in total. The molecule has 0 radical (unpaired) electrons. The zero-order valence-electron chi connectivity index (χ0n) is 65.0. The van der Waals surface area contributed by atoms with Gasteiger partial charge in [0.1, 0.15) is 19.3 Å². The molecule has 5 atom stereocenters. The van der Waals surface area contributed by atoms with Crippen LogP contribution >= 0.6 is 15.6 Å². The van der Waals surface area contributed by atoms with Crippen LogP contribution in [-0.2, 0) is 65.4 Å². The van der Waals surface area contributed by atoms with E-state index in [1.807, 2.05) is 0 Å². The largest absolute Gasteiger partial charge is 0.472 e. The molecule has 0 rings (SSSR count). The van der Waals surface area contributed by atoms with Gasteiger partial charge in [-0.15, -0.1) is 0 Å². The normalized spacial score (nSPS) is 14.1. The number of ether oxygens (including phenoxy) is 4. The van der Waals surface area contributed by atoms with Gasteiger partial charge in [0.15, 0.2) is 12.2 Å². The van der Waals surface area contributed by atoms with Crippen molar-refractivity contribution in [3.8, 4) is 0 Å². The Bertz CT molecular complexity index is 2020. The predicted octanol–water partition coefficient (Wildman–Crippen LogP) is 23.8. The van der Waals surface area contributed by atoms with Crippen molar-refractivity contribution in [3.05, 3.63) is 24.3 Å². The van der Waals surface area contributed by atoms with E-state index in [1.54, 1.807) is 0 Å². The van der Waals surface area contributed by atoms with Gasteiger partial charge in [-0.3, -0.25) is 37.3 Å². The molecule has 0 aromatic rings. The van der Waals surface area contributed by atoms with Crippen molar-refractivity contribution in [3.63, 3.8) is 0 Å². The summed E-state index contributed by atoms with van der Waals surface area (Å²) >= 11 is 0. The van der Waals surface area contributed by atoms with Gasteiger partial charge >= 0.3 is 39.5 Å². The molecule has 0 saturated carbocycles. The Labute approximate surface area is 612 Å². The van der Waals surface area contributed by atoms with Gasteiger partial charge in [0.25, 0.3) is 0 Å². The lowest BCUT2D eigenvalue weighted by molar-refractivity contribution is -0.161. The molecular formula is C81H154O17P2. The lowest BCUT2D eigenvalue weighted by Crippen LogP contribution is -2.30. The minimum Gasteiger partial charge on any atom is -0.462 e. The monoisotopic (exact) mass is 1460 g/mol. The number of aliphatic hydroxyl groups excluding tert-OH is 1. The first-order valence-electron chi connectivity index (χ1n) is 41.3. The maximum Gasteiger partial charge on any atom is 0.472 e. The van der Waals surface area contributed by atoms with Crippen LogP contribution < -0.4 is 0 Å². The summed E-state index contributed by atoms with van der Waals surface area (Å²) < 4.78 is 68.6. The second kappa shape index (κ2) is 72.1. The zero-order valence-corrected chi connectivity index (χ0v) is 66.8. The van der Waals surface area contributed by atoms with E-state index in [9.17, 15) is 43.2 Å². The molecule has 0 saturated heterocycles. The topological polar surface area (TPSA) is 237 Å². The first-order valence-corrected chi connectivity index (χ1v) is 44.3. The number of aliphatic hydroxyl groups is 1. The van der Waals surface area contributed by atoms with Gasteiger partial charge < -0.3 is 33.8 Å². The summed E-state index contributed by atoms with van der Waals surface area (Å²) in [6, 6.07) is 0. The molecule has 0 aromatic carbocycles. The third-order valence-corrected chi connectivity index (χ3v) is 20.2. The van der Waals surface area contributed by atoms with Crippen LogP contribution in [0.1, 0.15) is 401 Å². The Hall–Kier alpha value is -2.46. The molecule has 0 spiro atoms. The van der Waals surface area contributed by atoms with Crippen molar-refractivity contribution >= 4 is 39.5 Å². The fraction of sp³-hybridized carbons (Fsp3) is 0.901. The molecule has 17 nitrogen and oxygen atoms in total. The first-order chi connectivity index (χ1) is 48.4. The number of phosphoric acid groups is 2. The summed E-state index contributed by atoms with van der Waals surface area (Å²) in [5.41, 5.74) is 0. The van der Waals surface area contributed by atoms with Crippen LogP contribution in [0.25, 0.3) is 0 Å². The summed E-state index contributed by atoms with van der Waals surface area (Å²) in [5, 5.41) is 10.6.